The van der Waals surface area contributed by atoms with Gasteiger partial charge in [-0.15, -0.1) is 0 Å². The van der Waals surface area contributed by atoms with Gasteiger partial charge in [0.2, 0.25) is 11.8 Å². The summed E-state index contributed by atoms with van der Waals surface area (Å²) in [5.74, 6) is 1.43. The SMILES string of the molecule is O=C1CCc2cc(/C=C/C(=O)N3CC4C=C(c5cccnc5Cl)CC4C3)cnc2N1. The zero-order valence-electron chi connectivity index (χ0n) is 16.3. The summed E-state index contributed by atoms with van der Waals surface area (Å²) in [7, 11) is 0. The number of anilines is 1. The van der Waals surface area contributed by atoms with Crippen LogP contribution in [-0.4, -0.2) is 39.8 Å². The highest BCUT2D eigenvalue weighted by Gasteiger charge is 2.38. The van der Waals surface area contributed by atoms with Gasteiger partial charge in [-0.25, -0.2) is 9.97 Å². The second kappa shape index (κ2) is 7.69. The van der Waals surface area contributed by atoms with Crippen molar-refractivity contribution in [3.63, 3.8) is 0 Å². The van der Waals surface area contributed by atoms with Crippen molar-refractivity contribution in [3.8, 4) is 0 Å². The number of halogens is 1. The molecule has 1 N–H and O–H groups in total. The van der Waals surface area contributed by atoms with Crippen LogP contribution < -0.4 is 5.32 Å². The Morgan fingerprint density at radius 1 is 1.27 bits per heavy atom. The van der Waals surface area contributed by atoms with E-state index in [9.17, 15) is 9.59 Å². The van der Waals surface area contributed by atoms with Gasteiger partial charge in [-0.1, -0.05) is 23.7 Å². The Kier molecular flexibility index (Phi) is 4.87. The third-order valence-corrected chi connectivity index (χ3v) is 6.39. The number of nitrogens with zero attached hydrogens (tertiary/aromatic N) is 3. The number of rotatable bonds is 3. The lowest BCUT2D eigenvalue weighted by Gasteiger charge is -2.16. The minimum absolute atomic E-state index is 0.00365. The molecule has 1 aliphatic carbocycles. The minimum atomic E-state index is -0.00365. The predicted octanol–water partition coefficient (Wildman–Crippen LogP) is 3.59. The van der Waals surface area contributed by atoms with Crippen LogP contribution in [0, 0.1) is 11.8 Å². The number of aryl methyl sites for hydroxylation is 1. The molecule has 7 heteroatoms. The molecule has 2 aliphatic heterocycles. The molecule has 5 rings (SSSR count). The van der Waals surface area contributed by atoms with Crippen molar-refractivity contribution >= 4 is 40.9 Å². The molecule has 6 nitrogen and oxygen atoms in total. The quantitative estimate of drug-likeness (QED) is 0.608. The van der Waals surface area contributed by atoms with Gasteiger partial charge >= 0.3 is 0 Å². The summed E-state index contributed by atoms with van der Waals surface area (Å²) < 4.78 is 0. The number of hydrogen-bond donors (Lipinski definition) is 1. The van der Waals surface area contributed by atoms with E-state index in [1.165, 1.54) is 5.57 Å². The van der Waals surface area contributed by atoms with E-state index in [2.05, 4.69) is 21.4 Å². The fourth-order valence-electron chi connectivity index (χ4n) is 4.55. The number of amides is 2. The summed E-state index contributed by atoms with van der Waals surface area (Å²) in [5, 5.41) is 3.31. The van der Waals surface area contributed by atoms with E-state index in [4.69, 9.17) is 11.6 Å². The number of carbonyl (C=O) groups excluding carboxylic acids is 2. The largest absolute Gasteiger partial charge is 0.338 e. The van der Waals surface area contributed by atoms with E-state index in [-0.39, 0.29) is 11.8 Å². The Morgan fingerprint density at radius 3 is 3.00 bits per heavy atom. The van der Waals surface area contributed by atoms with Crippen LogP contribution in [0.4, 0.5) is 5.82 Å². The molecule has 3 aliphatic rings. The zero-order chi connectivity index (χ0) is 20.7. The summed E-state index contributed by atoms with van der Waals surface area (Å²) in [4.78, 5) is 34.5. The van der Waals surface area contributed by atoms with Gasteiger partial charge in [0, 0.05) is 43.5 Å². The maximum absolute atomic E-state index is 12.7. The first kappa shape index (κ1) is 19.0. The number of fused-ring (bicyclic) bond motifs is 2. The third-order valence-electron chi connectivity index (χ3n) is 6.09. The molecule has 1 saturated heterocycles. The highest BCUT2D eigenvalue weighted by atomic mass is 35.5. The molecule has 2 aromatic heterocycles. The number of pyridine rings is 2. The maximum Gasteiger partial charge on any atom is 0.246 e. The van der Waals surface area contributed by atoms with E-state index in [0.29, 0.717) is 35.6 Å². The van der Waals surface area contributed by atoms with Crippen molar-refractivity contribution in [2.45, 2.75) is 19.3 Å². The van der Waals surface area contributed by atoms with Crippen molar-refractivity contribution in [1.82, 2.24) is 14.9 Å². The van der Waals surface area contributed by atoms with Crippen molar-refractivity contribution < 1.29 is 9.59 Å². The second-order valence-corrected chi connectivity index (χ2v) is 8.42. The van der Waals surface area contributed by atoms with Crippen molar-refractivity contribution in [2.75, 3.05) is 18.4 Å². The van der Waals surface area contributed by atoms with Crippen LogP contribution in [0.2, 0.25) is 5.15 Å². The molecular weight excluding hydrogens is 400 g/mol. The first-order valence-electron chi connectivity index (χ1n) is 10.1. The van der Waals surface area contributed by atoms with Crippen molar-refractivity contribution in [2.24, 2.45) is 11.8 Å². The molecular formula is C23H21ClN4O2. The van der Waals surface area contributed by atoms with Crippen LogP contribution in [0.15, 0.2) is 42.7 Å². The third kappa shape index (κ3) is 3.63. The highest BCUT2D eigenvalue weighted by molar-refractivity contribution is 6.31. The summed E-state index contributed by atoms with van der Waals surface area (Å²) in [6.45, 7) is 1.48. The number of carbonyl (C=O) groups is 2. The predicted molar refractivity (Wildman–Crippen MR) is 116 cm³/mol. The number of allylic oxidation sites excluding steroid dienone is 1. The van der Waals surface area contributed by atoms with E-state index < -0.39 is 0 Å². The fraction of sp³-hybridized carbons (Fsp3) is 0.304. The van der Waals surface area contributed by atoms with Gasteiger partial charge in [0.25, 0.3) is 0 Å². The van der Waals surface area contributed by atoms with E-state index >= 15 is 0 Å². The first-order valence-corrected chi connectivity index (χ1v) is 10.5. The molecule has 0 bridgehead atoms. The zero-order valence-corrected chi connectivity index (χ0v) is 17.1. The molecule has 152 valence electrons. The molecule has 2 unspecified atom stereocenters. The Morgan fingerprint density at radius 2 is 2.17 bits per heavy atom. The monoisotopic (exact) mass is 420 g/mol. The summed E-state index contributed by atoms with van der Waals surface area (Å²) in [5.41, 5.74) is 4.11. The summed E-state index contributed by atoms with van der Waals surface area (Å²) in [6.07, 6.45) is 11.1. The normalized spacial score (nSPS) is 22.6. The molecule has 30 heavy (non-hydrogen) atoms. The molecule has 0 radical (unpaired) electrons. The first-order chi connectivity index (χ1) is 14.6. The Balaban J connectivity index is 1.24. The molecule has 1 fully saturated rings. The average Bonchev–Trinajstić information content (AvgIpc) is 3.31. The lowest BCUT2D eigenvalue weighted by Crippen LogP contribution is -2.27. The van der Waals surface area contributed by atoms with Crippen LogP contribution >= 0.6 is 11.6 Å². The van der Waals surface area contributed by atoms with E-state index in [0.717, 1.165) is 36.2 Å². The molecule has 2 amide bonds. The van der Waals surface area contributed by atoms with Gasteiger partial charge in [0.1, 0.15) is 11.0 Å². The van der Waals surface area contributed by atoms with Crippen LogP contribution in [0.3, 0.4) is 0 Å². The fourth-order valence-corrected chi connectivity index (χ4v) is 4.79. The van der Waals surface area contributed by atoms with Crippen LogP contribution in [0.25, 0.3) is 11.6 Å². The van der Waals surface area contributed by atoms with Crippen LogP contribution in [-0.2, 0) is 16.0 Å². The lowest BCUT2D eigenvalue weighted by atomic mass is 9.99. The van der Waals surface area contributed by atoms with E-state index in [1.54, 1.807) is 24.5 Å². The lowest BCUT2D eigenvalue weighted by molar-refractivity contribution is -0.125. The van der Waals surface area contributed by atoms with Gasteiger partial charge in [-0.2, -0.15) is 0 Å². The van der Waals surface area contributed by atoms with Crippen LogP contribution in [0.5, 0.6) is 0 Å². The topological polar surface area (TPSA) is 75.2 Å². The summed E-state index contributed by atoms with van der Waals surface area (Å²) in [6, 6.07) is 5.89. The Labute approximate surface area is 179 Å². The number of hydrogen-bond acceptors (Lipinski definition) is 4. The molecule has 0 aromatic carbocycles. The van der Waals surface area contributed by atoms with Gasteiger partial charge < -0.3 is 10.2 Å². The van der Waals surface area contributed by atoms with E-state index in [1.807, 2.05) is 23.1 Å². The Hall–Kier alpha value is -2.99. The van der Waals surface area contributed by atoms with Crippen molar-refractivity contribution in [3.05, 3.63) is 64.6 Å². The maximum atomic E-state index is 12.7. The van der Waals surface area contributed by atoms with Crippen molar-refractivity contribution in [1.29, 1.82) is 0 Å². The average molecular weight is 421 g/mol. The summed E-state index contributed by atoms with van der Waals surface area (Å²) >= 11 is 6.24. The number of likely N-dealkylation sites (tertiary alicyclic amines) is 1. The van der Waals surface area contributed by atoms with Gasteiger partial charge in [-0.05, 0) is 59.6 Å². The molecule has 2 aromatic rings. The second-order valence-electron chi connectivity index (χ2n) is 8.06. The van der Waals surface area contributed by atoms with Gasteiger partial charge in [0.05, 0.1) is 0 Å². The molecule has 2 atom stereocenters. The molecule has 0 saturated carbocycles. The van der Waals surface area contributed by atoms with Crippen LogP contribution in [0.1, 0.15) is 29.5 Å². The van der Waals surface area contributed by atoms with Gasteiger partial charge in [-0.3, -0.25) is 9.59 Å². The molecule has 0 spiro atoms. The number of nitrogens with one attached hydrogen (secondary N) is 1. The number of aromatic nitrogens is 2. The van der Waals surface area contributed by atoms with Gasteiger partial charge in [0.15, 0.2) is 0 Å². The minimum Gasteiger partial charge on any atom is -0.338 e. The Bertz CT molecular complexity index is 1090. The highest BCUT2D eigenvalue weighted by Crippen LogP contribution is 2.42. The smallest absolute Gasteiger partial charge is 0.246 e. The standard InChI is InChI=1S/C23H21ClN4O2/c24-22-19(2-1-7-25-22)16-9-17-12-28(13-18(17)10-16)21(30)6-3-14-8-15-4-5-20(29)27-23(15)26-11-14/h1-3,6-9,11,17-18H,4-5,10,12-13H2,(H,26,27,29)/b6-3+. The molecule has 4 heterocycles.